The predicted octanol–water partition coefficient (Wildman–Crippen LogP) is 1.93. The minimum Gasteiger partial charge on any atom is -0.391 e. The lowest BCUT2D eigenvalue weighted by Gasteiger charge is -2.22. The van der Waals surface area contributed by atoms with Crippen LogP contribution in [0.5, 0.6) is 0 Å². The molecule has 0 radical (unpaired) electrons. The highest BCUT2D eigenvalue weighted by molar-refractivity contribution is 7.19. The molecule has 0 aliphatic carbocycles. The lowest BCUT2D eigenvalue weighted by Crippen LogP contribution is -2.25. The van der Waals surface area contributed by atoms with Gasteiger partial charge in [-0.1, -0.05) is 32.1 Å². The largest absolute Gasteiger partial charge is 0.391 e. The number of rotatable bonds is 4. The van der Waals surface area contributed by atoms with Gasteiger partial charge in [0.1, 0.15) is 5.00 Å². The molecule has 0 bridgehead atoms. The molecule has 5 heteroatoms. The van der Waals surface area contributed by atoms with Crippen molar-refractivity contribution >= 4 is 21.5 Å². The van der Waals surface area contributed by atoms with Crippen molar-refractivity contribution in [3.05, 3.63) is 6.20 Å². The highest BCUT2D eigenvalue weighted by atomic mass is 32.1. The van der Waals surface area contributed by atoms with Crippen LogP contribution < -0.4 is 11.1 Å². The molecule has 86 valence electrons. The number of nitrogens with two attached hydrogens (primary N) is 1. The van der Waals surface area contributed by atoms with Gasteiger partial charge in [-0.3, -0.25) is 0 Å². The fourth-order valence-corrected chi connectivity index (χ4v) is 1.94. The molecular weight excluding hydrogens is 210 g/mol. The van der Waals surface area contributed by atoms with Crippen LogP contribution in [0.3, 0.4) is 0 Å². The minimum atomic E-state index is -0.352. The number of hydrogen-bond acceptors (Lipinski definition) is 5. The zero-order chi connectivity index (χ0) is 11.5. The van der Waals surface area contributed by atoms with E-state index in [0.29, 0.717) is 11.5 Å². The van der Waals surface area contributed by atoms with E-state index in [1.807, 2.05) is 0 Å². The quantitative estimate of drug-likeness (QED) is 0.738. The number of nitrogens with one attached hydrogen (secondary N) is 1. The molecular formula is C10H19N3OS. The number of nitrogens with zero attached hydrogens (tertiary/aromatic N) is 1. The number of aromatic nitrogens is 1. The number of hydrogen-bond donors (Lipinski definition) is 3. The van der Waals surface area contributed by atoms with E-state index < -0.39 is 0 Å². The van der Waals surface area contributed by atoms with Crippen LogP contribution in [-0.4, -0.2) is 22.7 Å². The lowest BCUT2D eigenvalue weighted by atomic mass is 9.89. The lowest BCUT2D eigenvalue weighted by molar-refractivity contribution is 0.132. The first-order chi connectivity index (χ1) is 6.87. The number of anilines is 2. The van der Waals surface area contributed by atoms with Gasteiger partial charge < -0.3 is 16.2 Å². The van der Waals surface area contributed by atoms with Crippen molar-refractivity contribution < 1.29 is 5.11 Å². The van der Waals surface area contributed by atoms with Gasteiger partial charge in [-0.05, 0) is 11.8 Å². The maximum atomic E-state index is 9.74. The number of aliphatic hydroxyl groups is 1. The maximum Gasteiger partial charge on any atom is 0.184 e. The molecule has 1 rings (SSSR count). The second kappa shape index (κ2) is 4.81. The second-order valence-corrected chi connectivity index (χ2v) is 5.93. The third kappa shape index (κ3) is 4.99. The molecule has 0 aliphatic rings. The van der Waals surface area contributed by atoms with Crippen LogP contribution in [0, 0.1) is 5.41 Å². The molecule has 0 amide bonds. The molecule has 0 saturated heterocycles. The minimum absolute atomic E-state index is 0.142. The molecule has 1 aromatic heterocycles. The summed E-state index contributed by atoms with van der Waals surface area (Å²) in [5.41, 5.74) is 5.68. The van der Waals surface area contributed by atoms with Gasteiger partial charge in [-0.2, -0.15) is 0 Å². The smallest absolute Gasteiger partial charge is 0.184 e. The molecule has 4 nitrogen and oxygen atoms in total. The van der Waals surface area contributed by atoms with Gasteiger partial charge in [0.15, 0.2) is 5.13 Å². The van der Waals surface area contributed by atoms with Crippen LogP contribution in [0.4, 0.5) is 10.1 Å². The zero-order valence-electron chi connectivity index (χ0n) is 9.45. The highest BCUT2D eigenvalue weighted by Gasteiger charge is 2.16. The van der Waals surface area contributed by atoms with Crippen molar-refractivity contribution in [2.45, 2.75) is 33.3 Å². The Balaban J connectivity index is 2.31. The van der Waals surface area contributed by atoms with E-state index >= 15 is 0 Å². The van der Waals surface area contributed by atoms with Crippen LogP contribution in [0.25, 0.3) is 0 Å². The van der Waals surface area contributed by atoms with Gasteiger partial charge >= 0.3 is 0 Å². The number of aliphatic hydroxyl groups excluding tert-OH is 1. The fourth-order valence-electron chi connectivity index (χ4n) is 1.35. The fraction of sp³-hybridized carbons (Fsp3) is 0.700. The van der Waals surface area contributed by atoms with E-state index in [1.54, 1.807) is 6.20 Å². The third-order valence-electron chi connectivity index (χ3n) is 1.86. The molecule has 1 unspecified atom stereocenters. The summed E-state index contributed by atoms with van der Waals surface area (Å²) in [5.74, 6) is 0. The molecule has 0 fully saturated rings. The van der Waals surface area contributed by atoms with E-state index in [4.69, 9.17) is 5.73 Å². The van der Waals surface area contributed by atoms with Crippen molar-refractivity contribution in [3.63, 3.8) is 0 Å². The SMILES string of the molecule is CC(C)(C)CC(O)CNc1ncc(N)s1. The Morgan fingerprint density at radius 1 is 1.60 bits per heavy atom. The first-order valence-corrected chi connectivity index (χ1v) is 5.82. The summed E-state index contributed by atoms with van der Waals surface area (Å²) in [4.78, 5) is 4.06. The van der Waals surface area contributed by atoms with Crippen LogP contribution in [-0.2, 0) is 0 Å². The molecule has 0 aromatic carbocycles. The first-order valence-electron chi connectivity index (χ1n) is 5.00. The molecule has 0 saturated carbocycles. The van der Waals surface area contributed by atoms with E-state index in [2.05, 4.69) is 31.1 Å². The zero-order valence-corrected chi connectivity index (χ0v) is 10.3. The molecule has 1 aromatic rings. The average Bonchev–Trinajstić information content (AvgIpc) is 2.45. The van der Waals surface area contributed by atoms with Gasteiger partial charge in [-0.25, -0.2) is 4.98 Å². The van der Waals surface area contributed by atoms with Gasteiger partial charge in [0.25, 0.3) is 0 Å². The van der Waals surface area contributed by atoms with Crippen molar-refractivity contribution in [1.82, 2.24) is 4.98 Å². The third-order valence-corrected chi connectivity index (χ3v) is 2.64. The van der Waals surface area contributed by atoms with Crippen molar-refractivity contribution in [3.8, 4) is 0 Å². The summed E-state index contributed by atoms with van der Waals surface area (Å²) in [6, 6.07) is 0. The van der Waals surface area contributed by atoms with Crippen LogP contribution in [0.15, 0.2) is 6.20 Å². The summed E-state index contributed by atoms with van der Waals surface area (Å²) in [7, 11) is 0. The van der Waals surface area contributed by atoms with Gasteiger partial charge in [0.05, 0.1) is 12.3 Å². The Hall–Kier alpha value is -0.810. The van der Waals surface area contributed by atoms with E-state index in [9.17, 15) is 5.11 Å². The van der Waals surface area contributed by atoms with Crippen molar-refractivity contribution in [1.29, 1.82) is 0 Å². The normalized spacial score (nSPS) is 13.9. The van der Waals surface area contributed by atoms with Crippen molar-refractivity contribution in [2.24, 2.45) is 5.41 Å². The second-order valence-electron chi connectivity index (χ2n) is 4.87. The summed E-state index contributed by atoms with van der Waals surface area (Å²) in [6.07, 6.45) is 2.03. The van der Waals surface area contributed by atoms with Gasteiger partial charge in [-0.15, -0.1) is 0 Å². The van der Waals surface area contributed by atoms with Crippen LogP contribution in [0.1, 0.15) is 27.2 Å². The Morgan fingerprint density at radius 3 is 2.73 bits per heavy atom. The number of thiazole rings is 1. The molecule has 1 heterocycles. The molecule has 0 aliphatic heterocycles. The summed E-state index contributed by atoms with van der Waals surface area (Å²) < 4.78 is 0. The van der Waals surface area contributed by atoms with E-state index in [1.165, 1.54) is 11.3 Å². The van der Waals surface area contributed by atoms with Crippen LogP contribution >= 0.6 is 11.3 Å². The predicted molar refractivity (Wildman–Crippen MR) is 65.1 cm³/mol. The summed E-state index contributed by atoms with van der Waals surface area (Å²) in [5, 5.41) is 14.2. The Kier molecular flexibility index (Phi) is 3.93. The first kappa shape index (κ1) is 12.3. The van der Waals surface area contributed by atoms with Crippen LogP contribution in [0.2, 0.25) is 0 Å². The Morgan fingerprint density at radius 2 is 2.27 bits per heavy atom. The number of nitrogen functional groups attached to an aromatic ring is 1. The molecule has 1 atom stereocenters. The average molecular weight is 229 g/mol. The topological polar surface area (TPSA) is 71.2 Å². The maximum absolute atomic E-state index is 9.74. The van der Waals surface area contributed by atoms with E-state index in [0.717, 1.165) is 11.6 Å². The Labute approximate surface area is 94.5 Å². The standard InChI is InChI=1S/C10H19N3OS/c1-10(2,3)4-7(14)5-12-9-13-6-8(11)15-9/h6-7,14H,4-5,11H2,1-3H3,(H,12,13). The highest BCUT2D eigenvalue weighted by Crippen LogP contribution is 2.22. The molecule has 15 heavy (non-hydrogen) atoms. The van der Waals surface area contributed by atoms with Gasteiger partial charge in [0.2, 0.25) is 0 Å². The van der Waals surface area contributed by atoms with Crippen molar-refractivity contribution in [2.75, 3.05) is 17.6 Å². The monoisotopic (exact) mass is 229 g/mol. The molecule has 0 spiro atoms. The van der Waals surface area contributed by atoms with Gasteiger partial charge in [0, 0.05) is 6.54 Å². The molecule has 4 N–H and O–H groups in total. The van der Waals surface area contributed by atoms with E-state index in [-0.39, 0.29) is 11.5 Å². The summed E-state index contributed by atoms with van der Waals surface area (Å²) >= 11 is 1.39. The summed E-state index contributed by atoms with van der Waals surface area (Å²) in [6.45, 7) is 6.84. The Bertz CT molecular complexity index is 306.